The molecule has 0 saturated heterocycles. The van der Waals surface area contributed by atoms with E-state index in [-0.39, 0.29) is 0 Å². The molecule has 0 rings (SSSR count). The molecule has 0 amide bonds. The number of hydrogen-bond donors (Lipinski definition) is 2. The summed E-state index contributed by atoms with van der Waals surface area (Å²) in [4.78, 5) is 0. The van der Waals surface area contributed by atoms with Gasteiger partial charge < -0.3 is 4.74 Å². The zero-order valence-electron chi connectivity index (χ0n) is 6.89. The van der Waals surface area contributed by atoms with Crippen LogP contribution in [-0.2, 0) is 4.74 Å². The smallest absolute Gasteiger partial charge is 0.0604 e. The molecule has 0 aromatic carbocycles. The standard InChI is InChI=1S/C7H18N2O/c1-7(2)3-5-10-6-4-9-8/h7,9H,3-6,8H2,1-2H3. The Kier molecular flexibility index (Phi) is 6.91. The van der Waals surface area contributed by atoms with Gasteiger partial charge in [-0.1, -0.05) is 13.8 Å². The van der Waals surface area contributed by atoms with Crippen molar-refractivity contribution >= 4 is 0 Å². The minimum absolute atomic E-state index is 0.712. The van der Waals surface area contributed by atoms with Crippen LogP contribution in [0.15, 0.2) is 0 Å². The molecule has 0 radical (unpaired) electrons. The first-order chi connectivity index (χ1) is 4.77. The third-order valence-electron chi connectivity index (χ3n) is 1.23. The monoisotopic (exact) mass is 146 g/mol. The molecule has 0 aliphatic carbocycles. The maximum atomic E-state index is 5.24. The molecule has 0 spiro atoms. The predicted octanol–water partition coefficient (Wildman–Crippen LogP) is 0.512. The van der Waals surface area contributed by atoms with Crippen molar-refractivity contribution in [2.45, 2.75) is 20.3 Å². The van der Waals surface area contributed by atoms with Crippen LogP contribution in [0.4, 0.5) is 0 Å². The average molecular weight is 146 g/mol. The highest BCUT2D eigenvalue weighted by molar-refractivity contribution is 4.42. The summed E-state index contributed by atoms with van der Waals surface area (Å²) in [5, 5.41) is 0. The molecule has 0 fully saturated rings. The lowest BCUT2D eigenvalue weighted by Gasteiger charge is -2.05. The Morgan fingerprint density at radius 3 is 2.60 bits per heavy atom. The van der Waals surface area contributed by atoms with Crippen molar-refractivity contribution in [3.63, 3.8) is 0 Å². The molecule has 0 saturated carbocycles. The van der Waals surface area contributed by atoms with Gasteiger partial charge in [0, 0.05) is 13.2 Å². The first-order valence-corrected chi connectivity index (χ1v) is 3.78. The molecule has 3 N–H and O–H groups in total. The van der Waals surface area contributed by atoms with E-state index in [1.54, 1.807) is 0 Å². The van der Waals surface area contributed by atoms with E-state index in [2.05, 4.69) is 19.3 Å². The number of nitrogens with two attached hydrogens (primary N) is 1. The lowest BCUT2D eigenvalue weighted by atomic mass is 10.1. The van der Waals surface area contributed by atoms with Crippen molar-refractivity contribution in [1.29, 1.82) is 0 Å². The van der Waals surface area contributed by atoms with E-state index in [9.17, 15) is 0 Å². The molecule has 3 heteroatoms. The molecule has 0 unspecified atom stereocenters. The highest BCUT2D eigenvalue weighted by atomic mass is 16.5. The van der Waals surface area contributed by atoms with Crippen molar-refractivity contribution in [2.24, 2.45) is 11.8 Å². The van der Waals surface area contributed by atoms with Crippen molar-refractivity contribution in [1.82, 2.24) is 5.43 Å². The van der Waals surface area contributed by atoms with Crippen LogP contribution < -0.4 is 11.3 Å². The molecular formula is C7H18N2O. The number of hydrogen-bond acceptors (Lipinski definition) is 3. The Balaban J connectivity index is 2.77. The zero-order valence-corrected chi connectivity index (χ0v) is 6.89. The van der Waals surface area contributed by atoms with E-state index in [4.69, 9.17) is 10.6 Å². The Labute approximate surface area is 62.9 Å². The third-order valence-corrected chi connectivity index (χ3v) is 1.23. The zero-order chi connectivity index (χ0) is 7.82. The minimum Gasteiger partial charge on any atom is -0.380 e. The largest absolute Gasteiger partial charge is 0.380 e. The summed E-state index contributed by atoms with van der Waals surface area (Å²) in [5.74, 6) is 5.77. The molecule has 0 aromatic heterocycles. The lowest BCUT2D eigenvalue weighted by Crippen LogP contribution is -2.26. The van der Waals surface area contributed by atoms with E-state index in [1.165, 1.54) is 0 Å². The fraction of sp³-hybridized carbons (Fsp3) is 1.00. The van der Waals surface area contributed by atoms with E-state index in [0.29, 0.717) is 6.61 Å². The molecule has 0 heterocycles. The van der Waals surface area contributed by atoms with E-state index < -0.39 is 0 Å². The second-order valence-electron chi connectivity index (χ2n) is 2.75. The number of nitrogens with one attached hydrogen (secondary N) is 1. The molecule has 0 aliphatic heterocycles. The topological polar surface area (TPSA) is 47.3 Å². The van der Waals surface area contributed by atoms with Crippen molar-refractivity contribution in [3.05, 3.63) is 0 Å². The fourth-order valence-electron chi connectivity index (χ4n) is 0.552. The summed E-state index contributed by atoms with van der Waals surface area (Å²) in [6, 6.07) is 0. The lowest BCUT2D eigenvalue weighted by molar-refractivity contribution is 0.125. The van der Waals surface area contributed by atoms with Gasteiger partial charge in [-0.25, -0.2) is 0 Å². The maximum Gasteiger partial charge on any atom is 0.0604 e. The predicted molar refractivity (Wildman–Crippen MR) is 42.5 cm³/mol. The van der Waals surface area contributed by atoms with E-state index in [1.807, 2.05) is 0 Å². The Bertz CT molecular complexity index is 66.6. The molecule has 0 aromatic rings. The van der Waals surface area contributed by atoms with Crippen LogP contribution >= 0.6 is 0 Å². The number of rotatable bonds is 6. The van der Waals surface area contributed by atoms with Gasteiger partial charge >= 0.3 is 0 Å². The van der Waals surface area contributed by atoms with E-state index in [0.717, 1.165) is 25.5 Å². The Morgan fingerprint density at radius 1 is 1.40 bits per heavy atom. The van der Waals surface area contributed by atoms with Crippen LogP contribution in [0.5, 0.6) is 0 Å². The average Bonchev–Trinajstić information content (AvgIpc) is 1.87. The normalized spacial score (nSPS) is 10.8. The third kappa shape index (κ3) is 7.88. The first kappa shape index (κ1) is 9.88. The molecule has 3 nitrogen and oxygen atoms in total. The van der Waals surface area contributed by atoms with Gasteiger partial charge in [0.1, 0.15) is 0 Å². The van der Waals surface area contributed by atoms with Gasteiger partial charge in [-0.3, -0.25) is 11.3 Å². The van der Waals surface area contributed by atoms with Crippen LogP contribution in [0.3, 0.4) is 0 Å². The van der Waals surface area contributed by atoms with Gasteiger partial charge in [0.25, 0.3) is 0 Å². The summed E-state index contributed by atoms with van der Waals surface area (Å²) >= 11 is 0. The quantitative estimate of drug-likeness (QED) is 0.326. The van der Waals surface area contributed by atoms with Gasteiger partial charge in [0.2, 0.25) is 0 Å². The second-order valence-corrected chi connectivity index (χ2v) is 2.75. The van der Waals surface area contributed by atoms with Crippen LogP contribution in [0.1, 0.15) is 20.3 Å². The molecule has 10 heavy (non-hydrogen) atoms. The molecular weight excluding hydrogens is 128 g/mol. The first-order valence-electron chi connectivity index (χ1n) is 3.78. The molecule has 0 bridgehead atoms. The fourth-order valence-corrected chi connectivity index (χ4v) is 0.552. The maximum absolute atomic E-state index is 5.24. The molecule has 0 aliphatic rings. The molecule has 0 atom stereocenters. The number of hydrazine groups is 1. The summed E-state index contributed by atoms with van der Waals surface area (Å²) < 4.78 is 5.24. The SMILES string of the molecule is CC(C)CCOCCNN. The highest BCUT2D eigenvalue weighted by Gasteiger charge is 1.92. The highest BCUT2D eigenvalue weighted by Crippen LogP contribution is 1.97. The number of ether oxygens (including phenoxy) is 1. The summed E-state index contributed by atoms with van der Waals surface area (Å²) in [5.41, 5.74) is 2.53. The van der Waals surface area contributed by atoms with Crippen LogP contribution in [0.2, 0.25) is 0 Å². The van der Waals surface area contributed by atoms with Crippen LogP contribution in [0, 0.1) is 5.92 Å². The minimum atomic E-state index is 0.712. The van der Waals surface area contributed by atoms with Gasteiger partial charge in [0.05, 0.1) is 6.61 Å². The van der Waals surface area contributed by atoms with Crippen molar-refractivity contribution in [3.8, 4) is 0 Å². The second kappa shape index (κ2) is 6.99. The Hall–Kier alpha value is -0.120. The molecule has 62 valence electrons. The van der Waals surface area contributed by atoms with Crippen molar-refractivity contribution < 1.29 is 4.74 Å². The van der Waals surface area contributed by atoms with Crippen molar-refractivity contribution in [2.75, 3.05) is 19.8 Å². The summed E-state index contributed by atoms with van der Waals surface area (Å²) in [6.45, 7) is 6.66. The Morgan fingerprint density at radius 2 is 2.10 bits per heavy atom. The van der Waals surface area contributed by atoms with Crippen LogP contribution in [-0.4, -0.2) is 19.8 Å². The van der Waals surface area contributed by atoms with E-state index >= 15 is 0 Å². The van der Waals surface area contributed by atoms with Gasteiger partial charge in [-0.05, 0) is 12.3 Å². The van der Waals surface area contributed by atoms with Gasteiger partial charge in [-0.2, -0.15) is 0 Å². The summed E-state index contributed by atoms with van der Waals surface area (Å²) in [6.07, 6.45) is 1.13. The van der Waals surface area contributed by atoms with Gasteiger partial charge in [0.15, 0.2) is 0 Å². The summed E-state index contributed by atoms with van der Waals surface area (Å²) in [7, 11) is 0. The van der Waals surface area contributed by atoms with Gasteiger partial charge in [-0.15, -0.1) is 0 Å². The van der Waals surface area contributed by atoms with Crippen LogP contribution in [0.25, 0.3) is 0 Å².